The van der Waals surface area contributed by atoms with E-state index in [1.54, 1.807) is 11.8 Å². The van der Waals surface area contributed by atoms with Crippen molar-refractivity contribution in [3.05, 3.63) is 80.4 Å². The average Bonchev–Trinajstić information content (AvgIpc) is 3.36. The Morgan fingerprint density at radius 3 is 2.46 bits per heavy atom. The Bertz CT molecular complexity index is 1470. The third-order valence-corrected chi connectivity index (χ3v) is 7.46. The lowest BCUT2D eigenvalue weighted by atomic mass is 9.99. The fourth-order valence-electron chi connectivity index (χ4n) is 5.32. The molecule has 1 unspecified atom stereocenters. The van der Waals surface area contributed by atoms with Crippen LogP contribution in [0.1, 0.15) is 39.7 Å². The Morgan fingerprint density at radius 2 is 1.70 bits per heavy atom. The van der Waals surface area contributed by atoms with E-state index in [-0.39, 0.29) is 11.6 Å². The minimum atomic E-state index is -0.374. The molecule has 2 aromatic heterocycles. The highest BCUT2D eigenvalue weighted by Crippen LogP contribution is 2.31. The van der Waals surface area contributed by atoms with Crippen LogP contribution in [0.5, 0.6) is 0 Å². The lowest BCUT2D eigenvalue weighted by molar-refractivity contribution is 0.171. The van der Waals surface area contributed by atoms with Crippen LogP contribution in [0.3, 0.4) is 0 Å². The molecule has 37 heavy (non-hydrogen) atoms. The second-order valence-corrected chi connectivity index (χ2v) is 10.0. The van der Waals surface area contributed by atoms with E-state index in [1.165, 1.54) is 16.8 Å². The van der Waals surface area contributed by atoms with E-state index in [9.17, 15) is 4.79 Å². The first kappa shape index (κ1) is 25.1. The largest absolute Gasteiger partial charge is 0.383 e. The first-order valence-electron chi connectivity index (χ1n) is 12.8. The summed E-state index contributed by atoms with van der Waals surface area (Å²) in [6.45, 7) is 12.6. The summed E-state index contributed by atoms with van der Waals surface area (Å²) in [7, 11) is 1.66. The van der Waals surface area contributed by atoms with E-state index >= 15 is 0 Å². The van der Waals surface area contributed by atoms with Crippen LogP contribution in [0.2, 0.25) is 0 Å². The number of methoxy groups -OCH3 is 1. The third kappa shape index (κ3) is 4.89. The van der Waals surface area contributed by atoms with E-state index in [0.29, 0.717) is 24.5 Å². The van der Waals surface area contributed by atoms with Gasteiger partial charge in [-0.05, 0) is 72.5 Å². The van der Waals surface area contributed by atoms with E-state index in [2.05, 4.69) is 75.3 Å². The minimum absolute atomic E-state index is 0.107. The van der Waals surface area contributed by atoms with Gasteiger partial charge < -0.3 is 14.6 Å². The maximum Gasteiger partial charge on any atom is 0.253 e. The molecular formula is C28H35N7O2. The summed E-state index contributed by atoms with van der Waals surface area (Å²) in [4.78, 5) is 21.5. The number of aromatic amines is 1. The summed E-state index contributed by atoms with van der Waals surface area (Å²) >= 11 is 0. The number of ether oxygens (including phenoxy) is 1. The quantitative estimate of drug-likeness (QED) is 0.415. The number of hydrogen-bond acceptors (Lipinski definition) is 7. The normalized spacial score (nSPS) is 15.4. The summed E-state index contributed by atoms with van der Waals surface area (Å²) in [5, 5.41) is 13.7. The highest BCUT2D eigenvalue weighted by Gasteiger charge is 2.33. The third-order valence-electron chi connectivity index (χ3n) is 7.46. The molecule has 1 saturated heterocycles. The van der Waals surface area contributed by atoms with Crippen molar-refractivity contribution >= 4 is 16.6 Å². The maximum atomic E-state index is 13.6. The smallest absolute Gasteiger partial charge is 0.253 e. The van der Waals surface area contributed by atoms with Gasteiger partial charge in [0.05, 0.1) is 18.7 Å². The molecule has 194 valence electrons. The Morgan fingerprint density at radius 1 is 0.973 bits per heavy atom. The number of tetrazole rings is 1. The first-order chi connectivity index (χ1) is 17.9. The van der Waals surface area contributed by atoms with Crippen molar-refractivity contribution in [1.82, 2.24) is 30.1 Å². The molecule has 0 spiro atoms. The van der Waals surface area contributed by atoms with Crippen LogP contribution in [-0.4, -0.2) is 70.0 Å². The number of benzene rings is 2. The van der Waals surface area contributed by atoms with Crippen molar-refractivity contribution < 1.29 is 4.74 Å². The number of anilines is 1. The van der Waals surface area contributed by atoms with Crippen LogP contribution >= 0.6 is 0 Å². The van der Waals surface area contributed by atoms with Crippen LogP contribution in [0.15, 0.2) is 41.2 Å². The lowest BCUT2D eigenvalue weighted by Gasteiger charge is -2.40. The summed E-state index contributed by atoms with van der Waals surface area (Å²) < 4.78 is 7.05. The van der Waals surface area contributed by atoms with Crippen molar-refractivity contribution in [2.24, 2.45) is 0 Å². The molecule has 0 bridgehead atoms. The van der Waals surface area contributed by atoms with Gasteiger partial charge in [0.25, 0.3) is 5.56 Å². The van der Waals surface area contributed by atoms with Gasteiger partial charge in [0.1, 0.15) is 6.04 Å². The molecule has 0 saturated carbocycles. The van der Waals surface area contributed by atoms with Crippen LogP contribution in [0.25, 0.3) is 10.9 Å². The van der Waals surface area contributed by atoms with E-state index in [1.807, 2.05) is 19.1 Å². The highest BCUT2D eigenvalue weighted by molar-refractivity contribution is 5.85. The topological polar surface area (TPSA) is 92.2 Å². The van der Waals surface area contributed by atoms with Gasteiger partial charge in [-0.2, -0.15) is 0 Å². The van der Waals surface area contributed by atoms with Gasteiger partial charge in [0.2, 0.25) is 0 Å². The second-order valence-electron chi connectivity index (χ2n) is 10.0. The molecule has 1 atom stereocenters. The average molecular weight is 502 g/mol. The van der Waals surface area contributed by atoms with Crippen LogP contribution in [0.4, 0.5) is 5.69 Å². The second kappa shape index (κ2) is 10.4. The SMILES string of the molecule is COCCn1nnnc1C(c1cc2c(C)ccc(C)c2[nH]c1=O)N1CCN(c2cc(C)ccc2C)CC1. The number of H-pyrrole nitrogens is 1. The predicted octanol–water partition coefficient (Wildman–Crippen LogP) is 3.31. The fourth-order valence-corrected chi connectivity index (χ4v) is 5.32. The molecule has 9 nitrogen and oxygen atoms in total. The van der Waals surface area contributed by atoms with E-state index in [4.69, 9.17) is 4.74 Å². The van der Waals surface area contributed by atoms with Crippen molar-refractivity contribution in [3.63, 3.8) is 0 Å². The van der Waals surface area contributed by atoms with Crippen LogP contribution in [-0.2, 0) is 11.3 Å². The molecule has 1 N–H and O–H groups in total. The number of piperazine rings is 1. The van der Waals surface area contributed by atoms with Gasteiger partial charge in [0, 0.05) is 49.9 Å². The molecule has 1 fully saturated rings. The molecule has 1 aliphatic heterocycles. The summed E-state index contributed by atoms with van der Waals surface area (Å²) in [5.41, 5.74) is 7.41. The summed E-state index contributed by atoms with van der Waals surface area (Å²) in [6, 6.07) is 12.4. The molecule has 0 aliphatic carbocycles. The fraction of sp³-hybridized carbons (Fsp3) is 0.429. The molecule has 2 aromatic carbocycles. The van der Waals surface area contributed by atoms with Gasteiger partial charge in [-0.15, -0.1) is 5.10 Å². The van der Waals surface area contributed by atoms with Gasteiger partial charge in [-0.25, -0.2) is 4.68 Å². The zero-order valence-electron chi connectivity index (χ0n) is 22.3. The van der Waals surface area contributed by atoms with Crippen molar-refractivity contribution in [2.75, 3.05) is 44.8 Å². The van der Waals surface area contributed by atoms with Crippen LogP contribution in [0, 0.1) is 27.7 Å². The Labute approximate surface area is 217 Å². The number of pyridine rings is 1. The van der Waals surface area contributed by atoms with E-state index in [0.717, 1.165) is 48.2 Å². The van der Waals surface area contributed by atoms with E-state index < -0.39 is 0 Å². The number of aromatic nitrogens is 5. The molecule has 0 amide bonds. The number of rotatable bonds is 7. The zero-order chi connectivity index (χ0) is 26.1. The summed E-state index contributed by atoms with van der Waals surface area (Å²) in [5.74, 6) is 0.660. The van der Waals surface area contributed by atoms with Gasteiger partial charge >= 0.3 is 0 Å². The first-order valence-corrected chi connectivity index (χ1v) is 12.8. The van der Waals surface area contributed by atoms with Crippen molar-refractivity contribution in [2.45, 2.75) is 40.3 Å². The highest BCUT2D eigenvalue weighted by atomic mass is 16.5. The lowest BCUT2D eigenvalue weighted by Crippen LogP contribution is -2.49. The Balaban J connectivity index is 1.55. The predicted molar refractivity (Wildman–Crippen MR) is 145 cm³/mol. The Kier molecular flexibility index (Phi) is 7.08. The molecular weight excluding hydrogens is 466 g/mol. The maximum absolute atomic E-state index is 13.6. The number of nitrogens with one attached hydrogen (secondary N) is 1. The van der Waals surface area contributed by atoms with Crippen molar-refractivity contribution in [1.29, 1.82) is 0 Å². The summed E-state index contributed by atoms with van der Waals surface area (Å²) in [6.07, 6.45) is 0. The van der Waals surface area contributed by atoms with Gasteiger partial charge in [-0.1, -0.05) is 24.3 Å². The Hall–Kier alpha value is -3.56. The molecule has 9 heteroatoms. The van der Waals surface area contributed by atoms with Crippen LogP contribution < -0.4 is 10.5 Å². The number of fused-ring (bicyclic) bond motifs is 1. The van der Waals surface area contributed by atoms with Gasteiger partial charge in [-0.3, -0.25) is 9.69 Å². The number of nitrogens with zero attached hydrogens (tertiary/aromatic N) is 6. The molecule has 3 heterocycles. The molecule has 0 radical (unpaired) electrons. The minimum Gasteiger partial charge on any atom is -0.383 e. The van der Waals surface area contributed by atoms with Crippen molar-refractivity contribution in [3.8, 4) is 0 Å². The molecule has 5 rings (SSSR count). The number of hydrogen-bond donors (Lipinski definition) is 1. The molecule has 1 aliphatic rings. The molecule has 4 aromatic rings. The standard InChI is InChI=1S/C28H35N7O2/c1-18-6-7-20(3)24(16-18)33-10-12-34(13-11-33)26(27-30-31-32-35(27)14-15-37-5)23-17-22-19(2)8-9-21(4)25(22)29-28(23)36/h6-9,16-17,26H,10-15H2,1-5H3,(H,29,36). The van der Waals surface area contributed by atoms with Gasteiger partial charge in [0.15, 0.2) is 5.82 Å². The monoisotopic (exact) mass is 501 g/mol. The number of aryl methyl sites for hydroxylation is 4. The zero-order valence-corrected chi connectivity index (χ0v) is 22.3.